The summed E-state index contributed by atoms with van der Waals surface area (Å²) in [7, 11) is 0. The third-order valence-electron chi connectivity index (χ3n) is 4.62. The third-order valence-corrected chi connectivity index (χ3v) is 5.48. The van der Waals surface area contributed by atoms with Crippen molar-refractivity contribution in [2.75, 3.05) is 0 Å². The number of hydrogen-bond acceptors (Lipinski definition) is 4. The molecule has 4 nitrogen and oxygen atoms in total. The summed E-state index contributed by atoms with van der Waals surface area (Å²) < 4.78 is 6.10. The number of amides is 1. The van der Waals surface area contributed by atoms with Gasteiger partial charge in [-0.05, 0) is 48.8 Å². The minimum Gasteiger partial charge on any atom is -0.474 e. The Kier molecular flexibility index (Phi) is 4.04. The predicted octanol–water partition coefficient (Wildman–Crippen LogP) is 4.01. The van der Waals surface area contributed by atoms with Crippen molar-refractivity contribution in [3.8, 4) is 5.88 Å². The van der Waals surface area contributed by atoms with Crippen LogP contribution in [0.15, 0.2) is 29.8 Å². The van der Waals surface area contributed by atoms with Crippen LogP contribution in [0.1, 0.15) is 52.9 Å². The fourth-order valence-electron chi connectivity index (χ4n) is 3.42. The molecule has 1 aliphatic heterocycles. The fourth-order valence-corrected chi connectivity index (χ4v) is 4.14. The molecule has 1 aliphatic carbocycles. The zero-order chi connectivity index (χ0) is 15.6. The molecule has 4 rings (SSSR count). The Morgan fingerprint density at radius 2 is 2.13 bits per heavy atom. The van der Waals surface area contributed by atoms with Crippen LogP contribution in [0.25, 0.3) is 0 Å². The summed E-state index contributed by atoms with van der Waals surface area (Å²) in [5.74, 6) is 0.584. The Hall–Kier alpha value is -1.88. The maximum atomic E-state index is 12.8. The van der Waals surface area contributed by atoms with E-state index in [0.717, 1.165) is 18.4 Å². The van der Waals surface area contributed by atoms with Crippen molar-refractivity contribution >= 4 is 17.2 Å². The summed E-state index contributed by atoms with van der Waals surface area (Å²) >= 11 is 1.68. The van der Waals surface area contributed by atoms with Gasteiger partial charge < -0.3 is 9.64 Å². The van der Waals surface area contributed by atoms with Crippen LogP contribution in [0.4, 0.5) is 0 Å². The summed E-state index contributed by atoms with van der Waals surface area (Å²) in [6.07, 6.45) is 7.81. The van der Waals surface area contributed by atoms with Gasteiger partial charge in [0, 0.05) is 17.6 Å². The number of pyridine rings is 1. The molecule has 120 valence electrons. The Morgan fingerprint density at radius 1 is 1.26 bits per heavy atom. The molecular weight excluding hydrogens is 308 g/mol. The van der Waals surface area contributed by atoms with Gasteiger partial charge >= 0.3 is 0 Å². The summed E-state index contributed by atoms with van der Waals surface area (Å²) in [6, 6.07) is 6.03. The van der Waals surface area contributed by atoms with Crippen molar-refractivity contribution in [2.45, 2.75) is 51.3 Å². The first kappa shape index (κ1) is 14.7. The number of carbonyl (C=O) groups excluding carboxylic acids is 1. The first-order valence-electron chi connectivity index (χ1n) is 8.27. The van der Waals surface area contributed by atoms with E-state index in [9.17, 15) is 4.79 Å². The van der Waals surface area contributed by atoms with Gasteiger partial charge in [0.25, 0.3) is 5.91 Å². The van der Waals surface area contributed by atoms with E-state index in [0.29, 0.717) is 24.5 Å². The van der Waals surface area contributed by atoms with Crippen LogP contribution in [0.5, 0.6) is 5.88 Å². The lowest BCUT2D eigenvalue weighted by molar-refractivity contribution is 0.0759. The number of rotatable bonds is 4. The second kappa shape index (κ2) is 6.32. The van der Waals surface area contributed by atoms with E-state index in [2.05, 4.69) is 11.1 Å². The van der Waals surface area contributed by atoms with Gasteiger partial charge in [-0.25, -0.2) is 4.98 Å². The monoisotopic (exact) mass is 328 g/mol. The number of ether oxygens (including phenoxy) is 1. The van der Waals surface area contributed by atoms with Crippen molar-refractivity contribution in [2.24, 2.45) is 0 Å². The Morgan fingerprint density at radius 3 is 2.91 bits per heavy atom. The molecule has 3 heterocycles. The highest BCUT2D eigenvalue weighted by molar-refractivity contribution is 7.09. The van der Waals surface area contributed by atoms with Gasteiger partial charge in [-0.15, -0.1) is 11.3 Å². The molecule has 1 amide bonds. The highest BCUT2D eigenvalue weighted by atomic mass is 32.1. The van der Waals surface area contributed by atoms with Gasteiger partial charge in [0.15, 0.2) is 0 Å². The molecule has 23 heavy (non-hydrogen) atoms. The summed E-state index contributed by atoms with van der Waals surface area (Å²) in [5.41, 5.74) is 1.71. The number of hydrogen-bond donors (Lipinski definition) is 0. The van der Waals surface area contributed by atoms with Gasteiger partial charge in [-0.1, -0.05) is 12.5 Å². The van der Waals surface area contributed by atoms with Crippen molar-refractivity contribution in [1.29, 1.82) is 0 Å². The van der Waals surface area contributed by atoms with Crippen LogP contribution in [-0.4, -0.2) is 21.9 Å². The van der Waals surface area contributed by atoms with E-state index in [1.807, 2.05) is 22.4 Å². The molecule has 0 spiro atoms. The lowest BCUT2D eigenvalue weighted by Gasteiger charge is -2.23. The van der Waals surface area contributed by atoms with Crippen molar-refractivity contribution in [3.63, 3.8) is 0 Å². The van der Waals surface area contributed by atoms with E-state index >= 15 is 0 Å². The summed E-state index contributed by atoms with van der Waals surface area (Å²) in [6.45, 7) is 1.31. The molecule has 1 fully saturated rings. The highest BCUT2D eigenvalue weighted by Gasteiger charge is 2.32. The first-order valence-corrected chi connectivity index (χ1v) is 9.15. The molecule has 5 heteroatoms. The lowest BCUT2D eigenvalue weighted by atomic mass is 9.98. The zero-order valence-corrected chi connectivity index (χ0v) is 13.8. The van der Waals surface area contributed by atoms with Gasteiger partial charge in [0.1, 0.15) is 11.7 Å². The van der Waals surface area contributed by atoms with Crippen LogP contribution >= 0.6 is 11.3 Å². The molecule has 0 unspecified atom stereocenters. The maximum Gasteiger partial charge on any atom is 0.260 e. The maximum absolute atomic E-state index is 12.8. The molecule has 0 atom stereocenters. The van der Waals surface area contributed by atoms with Gasteiger partial charge in [-0.3, -0.25) is 4.79 Å². The average molecular weight is 328 g/mol. The second-order valence-corrected chi connectivity index (χ2v) is 7.30. The standard InChI is InChI=1S/C18H20N2O2S/c21-18-16-13(11-20(18)12-15-7-4-10-23-15)8-9-19-17(16)22-14-5-2-1-3-6-14/h4,7-10,14H,1-3,5-6,11-12H2. The summed E-state index contributed by atoms with van der Waals surface area (Å²) in [5, 5.41) is 2.04. The first-order chi connectivity index (χ1) is 11.3. The molecule has 0 saturated heterocycles. The Bertz CT molecular complexity index is 693. The smallest absolute Gasteiger partial charge is 0.260 e. The van der Waals surface area contributed by atoms with E-state index in [4.69, 9.17) is 4.74 Å². The molecule has 2 aliphatic rings. The van der Waals surface area contributed by atoms with Crippen LogP contribution in [-0.2, 0) is 13.1 Å². The number of thiophene rings is 1. The minimum absolute atomic E-state index is 0.0484. The van der Waals surface area contributed by atoms with Crippen LogP contribution < -0.4 is 4.74 Å². The largest absolute Gasteiger partial charge is 0.474 e. The van der Waals surface area contributed by atoms with E-state index in [-0.39, 0.29) is 12.0 Å². The predicted molar refractivity (Wildman–Crippen MR) is 89.6 cm³/mol. The quantitative estimate of drug-likeness (QED) is 0.851. The molecule has 2 aromatic heterocycles. The zero-order valence-electron chi connectivity index (χ0n) is 13.0. The number of aromatic nitrogens is 1. The topological polar surface area (TPSA) is 42.4 Å². The number of carbonyl (C=O) groups is 1. The van der Waals surface area contributed by atoms with Crippen LogP contribution in [0, 0.1) is 0 Å². The molecule has 1 saturated carbocycles. The molecule has 0 N–H and O–H groups in total. The van der Waals surface area contributed by atoms with E-state index < -0.39 is 0 Å². The van der Waals surface area contributed by atoms with Gasteiger partial charge in [0.05, 0.1) is 6.54 Å². The van der Waals surface area contributed by atoms with Crippen molar-refractivity contribution < 1.29 is 9.53 Å². The lowest BCUT2D eigenvalue weighted by Crippen LogP contribution is -2.24. The SMILES string of the molecule is O=C1c2c(ccnc2OC2CCCCC2)CN1Cc1cccs1. The van der Waals surface area contributed by atoms with E-state index in [1.54, 1.807) is 17.5 Å². The van der Waals surface area contributed by atoms with Crippen molar-refractivity contribution in [1.82, 2.24) is 9.88 Å². The molecule has 0 radical (unpaired) electrons. The minimum atomic E-state index is 0.0484. The van der Waals surface area contributed by atoms with Crippen LogP contribution in [0.3, 0.4) is 0 Å². The highest BCUT2D eigenvalue weighted by Crippen LogP contribution is 2.32. The Balaban J connectivity index is 1.54. The number of fused-ring (bicyclic) bond motifs is 1. The average Bonchev–Trinajstić information content (AvgIpc) is 3.18. The summed E-state index contributed by atoms with van der Waals surface area (Å²) in [4.78, 5) is 20.2. The van der Waals surface area contributed by atoms with Crippen molar-refractivity contribution in [3.05, 3.63) is 45.8 Å². The fraction of sp³-hybridized carbons (Fsp3) is 0.444. The van der Waals surface area contributed by atoms with E-state index in [1.165, 1.54) is 24.1 Å². The normalized spacial score (nSPS) is 18.3. The third kappa shape index (κ3) is 2.98. The molecule has 2 aromatic rings. The van der Waals surface area contributed by atoms with Gasteiger partial charge in [-0.2, -0.15) is 0 Å². The van der Waals surface area contributed by atoms with Gasteiger partial charge in [0.2, 0.25) is 5.88 Å². The number of nitrogens with zero attached hydrogens (tertiary/aromatic N) is 2. The second-order valence-electron chi connectivity index (χ2n) is 6.27. The van der Waals surface area contributed by atoms with Crippen LogP contribution in [0.2, 0.25) is 0 Å². The molecule has 0 aromatic carbocycles. The molecular formula is C18H20N2O2S. The Labute approximate surface area is 140 Å². The molecule has 0 bridgehead atoms.